The van der Waals surface area contributed by atoms with E-state index in [0.717, 1.165) is 23.6 Å². The zero-order chi connectivity index (χ0) is 13.2. The first-order valence-corrected chi connectivity index (χ1v) is 6.86. The van der Waals surface area contributed by atoms with E-state index in [1.165, 1.54) is 0 Å². The van der Waals surface area contributed by atoms with Crippen molar-refractivity contribution in [1.29, 1.82) is 0 Å². The van der Waals surface area contributed by atoms with Gasteiger partial charge in [-0.25, -0.2) is 9.37 Å². The second-order valence-corrected chi connectivity index (χ2v) is 5.48. The number of halogens is 2. The Bertz CT molecular complexity index is 530. The number of piperidine rings is 1. The molecule has 1 fully saturated rings. The molecule has 1 aliphatic rings. The predicted molar refractivity (Wildman–Crippen MR) is 59.1 cm³/mol. The lowest BCUT2D eigenvalue weighted by Crippen LogP contribution is -2.38. The molecule has 8 heteroatoms. The zero-order valence-electron chi connectivity index (χ0n) is 9.47. The monoisotopic (exact) mass is 278 g/mol. The Kier molecular flexibility index (Phi) is 3.76. The van der Waals surface area contributed by atoms with Gasteiger partial charge >= 0.3 is 10.3 Å². The molecule has 1 aromatic heterocycles. The first-order chi connectivity index (χ1) is 8.49. The van der Waals surface area contributed by atoms with E-state index in [9.17, 15) is 17.2 Å². The fourth-order valence-corrected chi connectivity index (χ4v) is 2.87. The summed E-state index contributed by atoms with van der Waals surface area (Å²) in [4.78, 5) is 3.06. The second-order valence-electron chi connectivity index (χ2n) is 3.94. The minimum absolute atomic E-state index is 0.326. The summed E-state index contributed by atoms with van der Waals surface area (Å²) in [6, 6.07) is 0.657. The highest BCUT2D eigenvalue weighted by atomic mass is 32.2. The van der Waals surface area contributed by atoms with Crippen LogP contribution in [0.15, 0.2) is 12.3 Å². The lowest BCUT2D eigenvalue weighted by molar-refractivity contribution is 0.308. The Balaban J connectivity index is 2.18. The third kappa shape index (κ3) is 2.94. The van der Waals surface area contributed by atoms with E-state index < -0.39 is 27.8 Å². The highest BCUT2D eigenvalue weighted by molar-refractivity contribution is 7.84. The molecule has 1 aromatic rings. The molecule has 0 bridgehead atoms. The summed E-state index contributed by atoms with van der Waals surface area (Å²) in [6.07, 6.45) is 3.05. The van der Waals surface area contributed by atoms with Crippen LogP contribution in [-0.4, -0.2) is 30.8 Å². The van der Waals surface area contributed by atoms with Crippen molar-refractivity contribution < 1.29 is 21.4 Å². The van der Waals surface area contributed by atoms with Gasteiger partial charge in [-0.05, 0) is 12.8 Å². The Hall–Kier alpha value is -1.28. The minimum atomic E-state index is -4.09. The Morgan fingerprint density at radius 1 is 1.22 bits per heavy atom. The van der Waals surface area contributed by atoms with Crippen LogP contribution in [0.1, 0.15) is 19.3 Å². The van der Waals surface area contributed by atoms with Gasteiger partial charge in [0.05, 0.1) is 6.20 Å². The van der Waals surface area contributed by atoms with Crippen molar-refractivity contribution >= 4 is 10.3 Å². The summed E-state index contributed by atoms with van der Waals surface area (Å²) in [6.45, 7) is 0.652. The number of hydrogen-bond donors (Lipinski definition) is 0. The molecule has 1 saturated heterocycles. The third-order valence-electron chi connectivity index (χ3n) is 2.60. The van der Waals surface area contributed by atoms with Crippen LogP contribution in [0.4, 0.5) is 8.78 Å². The van der Waals surface area contributed by atoms with Crippen molar-refractivity contribution in [2.24, 2.45) is 0 Å². The molecule has 0 radical (unpaired) electrons. The quantitative estimate of drug-likeness (QED) is 0.786. The SMILES string of the molecule is O=S(=O)(Oc1cc(F)cnc1F)N1CCCCC1. The molecule has 0 amide bonds. The summed E-state index contributed by atoms with van der Waals surface area (Å²) in [7, 11) is -4.09. The predicted octanol–water partition coefficient (Wildman–Crippen LogP) is 1.47. The zero-order valence-corrected chi connectivity index (χ0v) is 10.3. The van der Waals surface area contributed by atoms with Gasteiger partial charge in [0.25, 0.3) is 5.95 Å². The van der Waals surface area contributed by atoms with Gasteiger partial charge in [-0.3, -0.25) is 0 Å². The number of aromatic nitrogens is 1. The van der Waals surface area contributed by atoms with Gasteiger partial charge in [0.1, 0.15) is 5.82 Å². The Morgan fingerprint density at radius 2 is 1.89 bits per heavy atom. The number of hydrogen-bond acceptors (Lipinski definition) is 4. The van der Waals surface area contributed by atoms with Gasteiger partial charge in [-0.15, -0.1) is 0 Å². The van der Waals surface area contributed by atoms with Crippen LogP contribution < -0.4 is 4.18 Å². The fourth-order valence-electron chi connectivity index (χ4n) is 1.72. The van der Waals surface area contributed by atoms with Crippen molar-refractivity contribution in [3.63, 3.8) is 0 Å². The smallest absolute Gasteiger partial charge is 0.366 e. The Morgan fingerprint density at radius 3 is 2.56 bits per heavy atom. The average molecular weight is 278 g/mol. The van der Waals surface area contributed by atoms with Crippen LogP contribution >= 0.6 is 0 Å². The lowest BCUT2D eigenvalue weighted by atomic mass is 10.2. The van der Waals surface area contributed by atoms with E-state index in [0.29, 0.717) is 25.4 Å². The van der Waals surface area contributed by atoms with E-state index in [1.54, 1.807) is 0 Å². The molecule has 0 aliphatic carbocycles. The first kappa shape index (κ1) is 13.2. The van der Waals surface area contributed by atoms with Gasteiger partial charge in [0, 0.05) is 19.2 Å². The molecule has 0 unspecified atom stereocenters. The van der Waals surface area contributed by atoms with E-state index in [-0.39, 0.29) is 0 Å². The molecule has 100 valence electrons. The summed E-state index contributed by atoms with van der Waals surface area (Å²) < 4.78 is 55.3. The molecule has 2 rings (SSSR count). The van der Waals surface area contributed by atoms with Crippen LogP contribution in [0.25, 0.3) is 0 Å². The molecule has 0 N–H and O–H groups in total. The molecular weight excluding hydrogens is 266 g/mol. The summed E-state index contributed by atoms with van der Waals surface area (Å²) in [5, 5.41) is 0. The van der Waals surface area contributed by atoms with Crippen molar-refractivity contribution in [2.45, 2.75) is 19.3 Å². The molecule has 5 nitrogen and oxygen atoms in total. The van der Waals surface area contributed by atoms with E-state index in [2.05, 4.69) is 9.17 Å². The van der Waals surface area contributed by atoms with Crippen molar-refractivity contribution in [3.8, 4) is 5.75 Å². The molecule has 0 saturated carbocycles. The minimum Gasteiger partial charge on any atom is -0.366 e. The van der Waals surface area contributed by atoms with Crippen LogP contribution in [0.5, 0.6) is 5.75 Å². The largest absolute Gasteiger partial charge is 0.385 e. The first-order valence-electron chi connectivity index (χ1n) is 5.49. The number of nitrogens with zero attached hydrogens (tertiary/aromatic N) is 2. The lowest BCUT2D eigenvalue weighted by Gasteiger charge is -2.24. The fraction of sp³-hybridized carbons (Fsp3) is 0.500. The van der Waals surface area contributed by atoms with E-state index in [4.69, 9.17) is 0 Å². The number of pyridine rings is 1. The normalized spacial score (nSPS) is 17.7. The standard InChI is InChI=1S/C10H12F2N2O3S/c11-8-6-9(10(12)13-7-8)17-18(15,16)14-4-2-1-3-5-14/h6-7H,1-5H2. The number of rotatable bonds is 3. The van der Waals surface area contributed by atoms with E-state index >= 15 is 0 Å². The molecular formula is C10H12F2N2O3S. The van der Waals surface area contributed by atoms with Crippen molar-refractivity contribution in [1.82, 2.24) is 9.29 Å². The molecule has 0 aromatic carbocycles. The molecule has 0 atom stereocenters. The van der Waals surface area contributed by atoms with Gasteiger partial charge in [0.2, 0.25) is 5.75 Å². The van der Waals surface area contributed by atoms with Gasteiger partial charge < -0.3 is 4.18 Å². The van der Waals surface area contributed by atoms with E-state index in [1.807, 2.05) is 0 Å². The summed E-state index contributed by atoms with van der Waals surface area (Å²) in [5.41, 5.74) is 0. The van der Waals surface area contributed by atoms with Crippen LogP contribution in [-0.2, 0) is 10.3 Å². The van der Waals surface area contributed by atoms with Gasteiger partial charge in [-0.1, -0.05) is 6.42 Å². The second kappa shape index (κ2) is 5.15. The summed E-state index contributed by atoms with van der Waals surface area (Å²) >= 11 is 0. The third-order valence-corrected chi connectivity index (χ3v) is 3.99. The average Bonchev–Trinajstić information content (AvgIpc) is 2.35. The molecule has 1 aliphatic heterocycles. The highest BCUT2D eigenvalue weighted by Gasteiger charge is 2.27. The topological polar surface area (TPSA) is 59.5 Å². The van der Waals surface area contributed by atoms with Crippen LogP contribution in [0, 0.1) is 11.8 Å². The molecule has 2 heterocycles. The van der Waals surface area contributed by atoms with Gasteiger partial charge in [-0.2, -0.15) is 17.1 Å². The molecule has 18 heavy (non-hydrogen) atoms. The highest BCUT2D eigenvalue weighted by Crippen LogP contribution is 2.21. The summed E-state index contributed by atoms with van der Waals surface area (Å²) in [5.74, 6) is -2.74. The Labute approximate surface area is 104 Å². The molecule has 0 spiro atoms. The maximum absolute atomic E-state index is 13.2. The van der Waals surface area contributed by atoms with Crippen LogP contribution in [0.2, 0.25) is 0 Å². The van der Waals surface area contributed by atoms with Crippen LogP contribution in [0.3, 0.4) is 0 Å². The maximum atomic E-state index is 13.2. The van der Waals surface area contributed by atoms with Crippen molar-refractivity contribution in [2.75, 3.05) is 13.1 Å². The van der Waals surface area contributed by atoms with Gasteiger partial charge in [0.15, 0.2) is 0 Å². The van der Waals surface area contributed by atoms with Crippen molar-refractivity contribution in [3.05, 3.63) is 24.0 Å². The maximum Gasteiger partial charge on any atom is 0.385 e.